The van der Waals surface area contributed by atoms with Crippen LogP contribution in [0.5, 0.6) is 0 Å². The van der Waals surface area contributed by atoms with E-state index in [0.717, 1.165) is 25.1 Å². The van der Waals surface area contributed by atoms with Crippen molar-refractivity contribution in [2.75, 3.05) is 32.8 Å². The summed E-state index contributed by atoms with van der Waals surface area (Å²) >= 11 is 0. The molecular formula is C19H25N3O3. The topological polar surface area (TPSA) is 69.8 Å². The van der Waals surface area contributed by atoms with Gasteiger partial charge in [-0.05, 0) is 13.3 Å². The SMILES string of the molecule is CCC(CO)N1CCN(C(=O)c2cc(-c3ccc(C)cc3)no2)CC1. The number of aliphatic hydroxyl groups excluding tert-OH is 1. The monoisotopic (exact) mass is 343 g/mol. The van der Waals surface area contributed by atoms with E-state index in [1.54, 1.807) is 11.0 Å². The molecule has 1 fully saturated rings. The molecule has 6 nitrogen and oxygen atoms in total. The van der Waals surface area contributed by atoms with Gasteiger partial charge in [0.05, 0.1) is 6.61 Å². The Bertz CT molecular complexity index is 699. The van der Waals surface area contributed by atoms with Crippen LogP contribution in [-0.2, 0) is 0 Å². The standard InChI is InChI=1S/C19H25N3O3/c1-3-16(13-23)21-8-10-22(11-9-21)19(24)18-12-17(20-25-18)15-6-4-14(2)5-7-15/h4-7,12,16,23H,3,8-11,13H2,1-2H3. The largest absolute Gasteiger partial charge is 0.395 e. The van der Waals surface area contributed by atoms with Gasteiger partial charge in [0.25, 0.3) is 5.91 Å². The fourth-order valence-electron chi connectivity index (χ4n) is 3.19. The van der Waals surface area contributed by atoms with Crippen LogP contribution in [-0.4, -0.2) is 64.8 Å². The van der Waals surface area contributed by atoms with E-state index in [9.17, 15) is 9.90 Å². The number of aryl methyl sites for hydroxylation is 1. The molecule has 0 aliphatic carbocycles. The number of aromatic nitrogens is 1. The number of hydrogen-bond acceptors (Lipinski definition) is 5. The molecule has 0 spiro atoms. The number of aliphatic hydroxyl groups is 1. The van der Waals surface area contributed by atoms with Crippen LogP contribution in [0.3, 0.4) is 0 Å². The predicted molar refractivity (Wildman–Crippen MR) is 95.3 cm³/mol. The van der Waals surface area contributed by atoms with Crippen LogP contribution in [0.2, 0.25) is 0 Å². The molecule has 3 rings (SSSR count). The van der Waals surface area contributed by atoms with Crippen molar-refractivity contribution in [2.24, 2.45) is 0 Å². The Morgan fingerprint density at radius 3 is 2.52 bits per heavy atom. The first-order chi connectivity index (χ1) is 12.1. The summed E-state index contributed by atoms with van der Waals surface area (Å²) in [4.78, 5) is 16.7. The molecule has 25 heavy (non-hydrogen) atoms. The van der Waals surface area contributed by atoms with E-state index in [0.29, 0.717) is 18.8 Å². The zero-order valence-electron chi connectivity index (χ0n) is 14.8. The van der Waals surface area contributed by atoms with Crippen molar-refractivity contribution in [1.82, 2.24) is 15.0 Å². The van der Waals surface area contributed by atoms with Crippen molar-refractivity contribution in [2.45, 2.75) is 26.3 Å². The van der Waals surface area contributed by atoms with Crippen LogP contribution in [0.15, 0.2) is 34.9 Å². The minimum Gasteiger partial charge on any atom is -0.395 e. The number of nitrogens with zero attached hydrogens (tertiary/aromatic N) is 3. The van der Waals surface area contributed by atoms with Gasteiger partial charge < -0.3 is 14.5 Å². The molecule has 1 saturated heterocycles. The van der Waals surface area contributed by atoms with Crippen molar-refractivity contribution in [3.8, 4) is 11.3 Å². The van der Waals surface area contributed by atoms with Gasteiger partial charge in [0, 0.05) is 43.9 Å². The van der Waals surface area contributed by atoms with Crippen molar-refractivity contribution in [3.05, 3.63) is 41.7 Å². The van der Waals surface area contributed by atoms with E-state index in [2.05, 4.69) is 17.0 Å². The first-order valence-electron chi connectivity index (χ1n) is 8.80. The fraction of sp³-hybridized carbons (Fsp3) is 0.474. The predicted octanol–water partition coefficient (Wildman–Crippen LogP) is 2.18. The lowest BCUT2D eigenvalue weighted by atomic mass is 10.1. The summed E-state index contributed by atoms with van der Waals surface area (Å²) in [5.41, 5.74) is 2.79. The van der Waals surface area contributed by atoms with Gasteiger partial charge in [0.1, 0.15) is 5.69 Å². The van der Waals surface area contributed by atoms with Crippen LogP contribution < -0.4 is 0 Å². The maximum Gasteiger partial charge on any atom is 0.292 e. The van der Waals surface area contributed by atoms with Gasteiger partial charge in [0.15, 0.2) is 0 Å². The van der Waals surface area contributed by atoms with Gasteiger partial charge in [-0.1, -0.05) is 41.9 Å². The van der Waals surface area contributed by atoms with Gasteiger partial charge in [-0.25, -0.2) is 0 Å². The van der Waals surface area contributed by atoms with Crippen molar-refractivity contribution < 1.29 is 14.4 Å². The maximum atomic E-state index is 12.6. The van der Waals surface area contributed by atoms with E-state index in [1.807, 2.05) is 31.2 Å². The second kappa shape index (κ2) is 7.80. The Kier molecular flexibility index (Phi) is 5.50. The van der Waals surface area contributed by atoms with Crippen LogP contribution >= 0.6 is 0 Å². The zero-order chi connectivity index (χ0) is 17.8. The molecule has 1 N–H and O–H groups in total. The summed E-state index contributed by atoms with van der Waals surface area (Å²) in [5.74, 6) is 0.154. The van der Waals surface area contributed by atoms with E-state index in [1.165, 1.54) is 5.56 Å². The lowest BCUT2D eigenvalue weighted by molar-refractivity contribution is 0.0443. The average Bonchev–Trinajstić information content (AvgIpc) is 3.13. The second-order valence-corrected chi connectivity index (χ2v) is 6.52. The summed E-state index contributed by atoms with van der Waals surface area (Å²) in [6, 6.07) is 9.85. The number of piperazine rings is 1. The molecule has 134 valence electrons. The van der Waals surface area contributed by atoms with Gasteiger partial charge in [-0.3, -0.25) is 9.69 Å². The highest BCUT2D eigenvalue weighted by Gasteiger charge is 2.27. The molecule has 1 aromatic heterocycles. The fourth-order valence-corrected chi connectivity index (χ4v) is 3.19. The number of carbonyl (C=O) groups excluding carboxylic acids is 1. The second-order valence-electron chi connectivity index (χ2n) is 6.52. The molecule has 1 aliphatic heterocycles. The van der Waals surface area contributed by atoms with Crippen LogP contribution in [0.25, 0.3) is 11.3 Å². The third kappa shape index (κ3) is 3.91. The van der Waals surface area contributed by atoms with Crippen LogP contribution in [0, 0.1) is 6.92 Å². The molecule has 0 radical (unpaired) electrons. The van der Waals surface area contributed by atoms with Crippen molar-refractivity contribution in [1.29, 1.82) is 0 Å². The molecule has 1 aromatic carbocycles. The van der Waals surface area contributed by atoms with Crippen molar-refractivity contribution in [3.63, 3.8) is 0 Å². The van der Waals surface area contributed by atoms with Crippen LogP contribution in [0.4, 0.5) is 0 Å². The third-order valence-corrected chi connectivity index (χ3v) is 4.87. The highest BCUT2D eigenvalue weighted by Crippen LogP contribution is 2.21. The Labute approximate surface area is 148 Å². The van der Waals surface area contributed by atoms with E-state index >= 15 is 0 Å². The Balaban J connectivity index is 1.64. The Hall–Kier alpha value is -2.18. The van der Waals surface area contributed by atoms with Crippen molar-refractivity contribution >= 4 is 5.91 Å². The molecule has 1 unspecified atom stereocenters. The molecule has 2 aromatic rings. The first-order valence-corrected chi connectivity index (χ1v) is 8.80. The molecule has 1 aliphatic rings. The normalized spacial score (nSPS) is 16.8. The number of rotatable bonds is 5. The Morgan fingerprint density at radius 2 is 1.92 bits per heavy atom. The van der Waals surface area contributed by atoms with Gasteiger partial charge >= 0.3 is 0 Å². The van der Waals surface area contributed by atoms with E-state index in [-0.39, 0.29) is 24.3 Å². The minimum atomic E-state index is -0.123. The van der Waals surface area contributed by atoms with Crippen LogP contribution in [0.1, 0.15) is 29.5 Å². The molecule has 6 heteroatoms. The number of amides is 1. The summed E-state index contributed by atoms with van der Waals surface area (Å²) in [5, 5.41) is 13.4. The van der Waals surface area contributed by atoms with Gasteiger partial charge in [0.2, 0.25) is 5.76 Å². The lowest BCUT2D eigenvalue weighted by Gasteiger charge is -2.38. The maximum absolute atomic E-state index is 12.6. The average molecular weight is 343 g/mol. The third-order valence-electron chi connectivity index (χ3n) is 4.87. The number of benzene rings is 1. The Morgan fingerprint density at radius 1 is 1.24 bits per heavy atom. The van der Waals surface area contributed by atoms with E-state index < -0.39 is 0 Å². The lowest BCUT2D eigenvalue weighted by Crippen LogP contribution is -2.52. The van der Waals surface area contributed by atoms with Gasteiger partial charge in [-0.15, -0.1) is 0 Å². The summed E-state index contributed by atoms with van der Waals surface area (Å²) in [6.07, 6.45) is 0.909. The quantitative estimate of drug-likeness (QED) is 0.901. The highest BCUT2D eigenvalue weighted by molar-refractivity contribution is 5.92. The highest BCUT2D eigenvalue weighted by atomic mass is 16.5. The summed E-state index contributed by atoms with van der Waals surface area (Å²) in [6.45, 7) is 7.06. The number of hydrogen-bond donors (Lipinski definition) is 1. The molecule has 1 amide bonds. The first kappa shape index (κ1) is 17.6. The van der Waals surface area contributed by atoms with E-state index in [4.69, 9.17) is 4.52 Å². The molecule has 1 atom stereocenters. The molecule has 0 bridgehead atoms. The summed E-state index contributed by atoms with van der Waals surface area (Å²) < 4.78 is 5.29. The van der Waals surface area contributed by atoms with Gasteiger partial charge in [-0.2, -0.15) is 0 Å². The minimum absolute atomic E-state index is 0.123. The zero-order valence-corrected chi connectivity index (χ0v) is 14.8. The molecular weight excluding hydrogens is 318 g/mol. The number of carbonyl (C=O) groups is 1. The molecule has 2 heterocycles. The summed E-state index contributed by atoms with van der Waals surface area (Å²) in [7, 11) is 0. The smallest absolute Gasteiger partial charge is 0.292 e. The molecule has 0 saturated carbocycles.